The van der Waals surface area contributed by atoms with Gasteiger partial charge in [0.15, 0.2) is 11.5 Å². The fraction of sp³-hybridized carbons (Fsp3) is 0.354. The Morgan fingerprint density at radius 2 is 1.55 bits per heavy atom. The van der Waals surface area contributed by atoms with E-state index < -0.39 is 0 Å². The Morgan fingerprint density at radius 3 is 2.23 bits per heavy atom. The predicted octanol–water partition coefficient (Wildman–Crippen LogP) is 7.19. The number of halogens is 1. The van der Waals surface area contributed by atoms with Gasteiger partial charge in [0.2, 0.25) is 0 Å². The first kappa shape index (κ1) is 42.2. The van der Waals surface area contributed by atoms with Crippen molar-refractivity contribution in [3.05, 3.63) is 111 Å². The van der Waals surface area contributed by atoms with E-state index in [2.05, 4.69) is 66.6 Å². The van der Waals surface area contributed by atoms with E-state index in [4.69, 9.17) is 26.3 Å². The largest absolute Gasteiger partial charge is 0.490 e. The van der Waals surface area contributed by atoms with Crippen LogP contribution in [0.1, 0.15) is 65.7 Å². The first-order valence-corrected chi connectivity index (χ1v) is 22.0. The lowest BCUT2D eigenvalue weighted by Crippen LogP contribution is -2.40. The van der Waals surface area contributed by atoms with Crippen LogP contribution in [-0.2, 0) is 14.1 Å². The highest BCUT2D eigenvalue weighted by molar-refractivity contribution is 6.31. The van der Waals surface area contributed by atoms with E-state index in [-0.39, 0.29) is 35.4 Å². The average Bonchev–Trinajstić information content (AvgIpc) is 3.75. The zero-order valence-corrected chi connectivity index (χ0v) is 37.0. The van der Waals surface area contributed by atoms with E-state index in [1.165, 1.54) is 0 Å². The summed E-state index contributed by atoms with van der Waals surface area (Å²) in [5.74, 6) is 1.75. The van der Waals surface area contributed by atoms with Crippen molar-refractivity contribution < 1.29 is 14.3 Å². The second-order valence-corrected chi connectivity index (χ2v) is 17.3. The number of likely N-dealkylation sites (N-methyl/N-ethyl adjacent to an activating group) is 1. The first-order valence-electron chi connectivity index (χ1n) is 21.6. The number of nitriles is 2. The monoisotopic (exact) mass is 877 g/mol. The van der Waals surface area contributed by atoms with Crippen LogP contribution in [0.4, 0.5) is 22.9 Å². The van der Waals surface area contributed by atoms with Gasteiger partial charge in [0.05, 0.1) is 57.1 Å². The molecule has 1 saturated heterocycles. The fourth-order valence-electron chi connectivity index (χ4n) is 9.15. The molecule has 6 aromatic rings. The number of nitrogens with one attached hydrogen (secondary N) is 1. The molecule has 0 bridgehead atoms. The Labute approximate surface area is 376 Å². The van der Waals surface area contributed by atoms with E-state index in [1.54, 1.807) is 46.8 Å². The smallest absolute Gasteiger partial charge is 0.272 e. The van der Waals surface area contributed by atoms with Crippen LogP contribution in [0.3, 0.4) is 0 Å². The third-order valence-electron chi connectivity index (χ3n) is 12.7. The summed E-state index contributed by atoms with van der Waals surface area (Å²) in [6, 6.07) is 23.1. The molecular weight excluding hydrogens is 830 g/mol. The van der Waals surface area contributed by atoms with Gasteiger partial charge in [0, 0.05) is 113 Å². The summed E-state index contributed by atoms with van der Waals surface area (Å²) in [6.07, 6.45) is 8.16. The number of ether oxygens (including phenoxy) is 2. The lowest BCUT2D eigenvalue weighted by molar-refractivity contribution is 0.0888. The highest BCUT2D eigenvalue weighted by atomic mass is 35.5. The van der Waals surface area contributed by atoms with Crippen molar-refractivity contribution in [2.45, 2.75) is 63.7 Å². The fourth-order valence-corrected chi connectivity index (χ4v) is 9.36. The molecule has 64 heavy (non-hydrogen) atoms. The second kappa shape index (κ2) is 17.6. The molecule has 2 aliphatic heterocycles. The van der Waals surface area contributed by atoms with E-state index in [1.807, 2.05) is 44.4 Å². The molecule has 1 saturated carbocycles. The molecular formula is C48H48ClN11O4. The van der Waals surface area contributed by atoms with Gasteiger partial charge in [-0.05, 0) is 75.1 Å². The first-order chi connectivity index (χ1) is 31.0. The number of hydrogen-bond donors (Lipinski definition) is 1. The molecule has 3 aromatic carbocycles. The van der Waals surface area contributed by atoms with Gasteiger partial charge in [-0.3, -0.25) is 14.3 Å². The van der Waals surface area contributed by atoms with Gasteiger partial charge in [-0.15, -0.1) is 10.2 Å². The van der Waals surface area contributed by atoms with E-state index in [9.17, 15) is 14.9 Å². The van der Waals surface area contributed by atoms with Gasteiger partial charge in [0.1, 0.15) is 23.7 Å². The van der Waals surface area contributed by atoms with Crippen LogP contribution < -0.4 is 35.0 Å². The standard InChI is InChI=1S/C48H48ClN11O4/c1-29-19-39-42(58(4)48(29)62)22-37(23-43(39)60-18-17-56(2)44-24-38(31(26-51)20-45(44)60)32-27-52-57(3)28-32)64-35-13-15-59(16-14-35)46-12-11-41(54-55-46)47(61)53-33-6-9-34(10-7-33)63-36-8-5-30(25-50)40(49)21-36/h5,8,11-12,19-24,27-28,33-35H,6-7,9-10,13-18H2,1-4H3,(H,53,61). The number of carbonyl (C=O) groups is 1. The SMILES string of the molecule is Cc1cc2c(N3CCN(C)c4cc(-c5cnn(C)c5)c(C#N)cc43)cc(OC3CCN(c4ccc(C(=O)NC5CCC(Oc6ccc(C#N)c(Cl)c6)CC5)nn4)CC3)cc2n(C)c1=O. The third-order valence-corrected chi connectivity index (χ3v) is 13.0. The summed E-state index contributed by atoms with van der Waals surface area (Å²) in [6.45, 7) is 4.61. The van der Waals surface area contributed by atoms with Crippen LogP contribution in [-0.4, -0.2) is 81.9 Å². The Bertz CT molecular complexity index is 2900. The highest BCUT2D eigenvalue weighted by Gasteiger charge is 2.29. The second-order valence-electron chi connectivity index (χ2n) is 16.9. The number of hydrogen-bond acceptors (Lipinski definition) is 12. The molecule has 0 atom stereocenters. The molecule has 5 heterocycles. The van der Waals surface area contributed by atoms with Crippen LogP contribution in [0, 0.1) is 29.6 Å². The van der Waals surface area contributed by atoms with Gasteiger partial charge < -0.3 is 34.1 Å². The van der Waals surface area contributed by atoms with Gasteiger partial charge in [0.25, 0.3) is 11.5 Å². The summed E-state index contributed by atoms with van der Waals surface area (Å²) in [7, 11) is 5.72. The minimum atomic E-state index is -0.253. The summed E-state index contributed by atoms with van der Waals surface area (Å²) >= 11 is 6.17. The summed E-state index contributed by atoms with van der Waals surface area (Å²) < 4.78 is 16.3. The molecule has 1 amide bonds. The van der Waals surface area contributed by atoms with Crippen LogP contribution >= 0.6 is 11.6 Å². The molecule has 0 unspecified atom stereocenters. The topological polar surface area (TPSA) is 170 Å². The maximum Gasteiger partial charge on any atom is 0.272 e. The number of nitrogens with zero attached hydrogens (tertiary/aromatic N) is 10. The van der Waals surface area contributed by atoms with E-state index in [0.29, 0.717) is 58.7 Å². The van der Waals surface area contributed by atoms with E-state index in [0.717, 1.165) is 84.2 Å². The van der Waals surface area contributed by atoms with Crippen molar-refractivity contribution in [1.82, 2.24) is 29.9 Å². The number of rotatable bonds is 9. The lowest BCUT2D eigenvalue weighted by Gasteiger charge is -2.38. The molecule has 3 aromatic heterocycles. The molecule has 3 aliphatic rings. The number of fused-ring (bicyclic) bond motifs is 2. The maximum atomic E-state index is 13.3. The van der Waals surface area contributed by atoms with Gasteiger partial charge in [-0.25, -0.2) is 0 Å². The van der Waals surface area contributed by atoms with Crippen molar-refractivity contribution in [2.24, 2.45) is 14.1 Å². The molecule has 16 heteroatoms. The number of aryl methyl sites for hydroxylation is 3. The molecule has 1 aliphatic carbocycles. The Hall–Kier alpha value is -7.10. The van der Waals surface area contributed by atoms with Crippen LogP contribution in [0.15, 0.2) is 77.9 Å². The minimum absolute atomic E-state index is 0.00303. The molecule has 1 N–H and O–H groups in total. The highest BCUT2D eigenvalue weighted by Crippen LogP contribution is 2.45. The number of piperidine rings is 1. The van der Waals surface area contributed by atoms with Gasteiger partial charge in [-0.2, -0.15) is 15.6 Å². The predicted molar refractivity (Wildman–Crippen MR) is 246 cm³/mol. The molecule has 2 fully saturated rings. The molecule has 326 valence electrons. The number of benzene rings is 3. The molecule has 9 rings (SSSR count). The third kappa shape index (κ3) is 8.39. The maximum absolute atomic E-state index is 13.3. The number of anilines is 4. The summed E-state index contributed by atoms with van der Waals surface area (Å²) in [5.41, 5.74) is 7.08. The number of amides is 1. The van der Waals surface area contributed by atoms with Crippen LogP contribution in [0.5, 0.6) is 11.5 Å². The Kier molecular flexibility index (Phi) is 11.6. The quantitative estimate of drug-likeness (QED) is 0.155. The Balaban J connectivity index is 0.859. The van der Waals surface area contributed by atoms with Gasteiger partial charge >= 0.3 is 0 Å². The molecule has 0 spiro atoms. The zero-order valence-electron chi connectivity index (χ0n) is 36.2. The van der Waals surface area contributed by atoms with E-state index >= 15 is 0 Å². The zero-order chi connectivity index (χ0) is 44.6. The minimum Gasteiger partial charge on any atom is -0.490 e. The number of aromatic nitrogens is 5. The lowest BCUT2D eigenvalue weighted by atomic mass is 9.93. The van der Waals surface area contributed by atoms with Crippen molar-refractivity contribution in [2.75, 3.05) is 47.9 Å². The summed E-state index contributed by atoms with van der Waals surface area (Å²) in [4.78, 5) is 33.1. The Morgan fingerprint density at radius 1 is 0.797 bits per heavy atom. The molecule has 0 radical (unpaired) electrons. The number of carbonyl (C=O) groups excluding carboxylic acids is 1. The van der Waals surface area contributed by atoms with Crippen molar-refractivity contribution in [3.63, 3.8) is 0 Å². The van der Waals surface area contributed by atoms with Crippen LogP contribution in [0.25, 0.3) is 22.0 Å². The van der Waals surface area contributed by atoms with Crippen molar-refractivity contribution in [3.8, 4) is 34.8 Å². The van der Waals surface area contributed by atoms with Crippen LogP contribution in [0.2, 0.25) is 5.02 Å². The number of pyridine rings is 1. The van der Waals surface area contributed by atoms with Crippen molar-refractivity contribution >= 4 is 51.3 Å². The van der Waals surface area contributed by atoms with Crippen molar-refractivity contribution in [1.29, 1.82) is 10.5 Å². The average molecular weight is 878 g/mol. The normalized spacial score (nSPS) is 17.7. The van der Waals surface area contributed by atoms with Gasteiger partial charge in [-0.1, -0.05) is 11.6 Å². The molecule has 15 nitrogen and oxygen atoms in total. The summed E-state index contributed by atoms with van der Waals surface area (Å²) in [5, 5.41) is 37.0.